The fourth-order valence-corrected chi connectivity index (χ4v) is 4.83. The molecule has 3 nitrogen and oxygen atoms in total. The smallest absolute Gasteiger partial charge is 0.207 e. The Morgan fingerprint density at radius 1 is 1.56 bits per heavy atom. The van der Waals surface area contributed by atoms with Crippen LogP contribution in [0.25, 0.3) is 0 Å². The first kappa shape index (κ1) is 16.2. The van der Waals surface area contributed by atoms with E-state index in [9.17, 15) is 21.6 Å². The minimum atomic E-state index is -4.42. The van der Waals surface area contributed by atoms with E-state index in [1.165, 1.54) is 6.07 Å². The summed E-state index contributed by atoms with van der Waals surface area (Å²) in [5.41, 5.74) is 0. The summed E-state index contributed by atoms with van der Waals surface area (Å²) in [6.45, 7) is 1.15. The molecule has 0 aliphatic carbocycles. The zero-order valence-corrected chi connectivity index (χ0v) is 12.9. The normalized spacial score (nSPS) is 14.8. The summed E-state index contributed by atoms with van der Waals surface area (Å²) in [6.07, 6.45) is -5.65. The average molecular weight is 387 g/mol. The number of hydrogen-bond acceptors (Lipinski definition) is 3. The van der Waals surface area contributed by atoms with Gasteiger partial charge in [-0.3, -0.25) is 0 Å². The molecule has 0 radical (unpaired) electrons. The third-order valence-electron chi connectivity index (χ3n) is 1.78. The number of rotatable bonds is 4. The first-order chi connectivity index (χ1) is 8.01. The lowest BCUT2D eigenvalue weighted by molar-refractivity contribution is -0.137. The van der Waals surface area contributed by atoms with Crippen molar-refractivity contribution in [2.45, 2.75) is 29.8 Å². The van der Waals surface area contributed by atoms with Crippen molar-refractivity contribution in [3.8, 4) is 0 Å². The number of sulfonamides is 1. The summed E-state index contributed by atoms with van der Waals surface area (Å²) < 4.78 is 62.0. The van der Waals surface area contributed by atoms with Crippen LogP contribution < -0.4 is 4.72 Å². The van der Waals surface area contributed by atoms with Crippen molar-refractivity contribution >= 4 is 48.9 Å². The molecule has 0 aromatic carbocycles. The maximum absolute atomic E-state index is 12.1. The molecule has 1 atom stereocenters. The summed E-state index contributed by atoms with van der Waals surface area (Å²) in [5.74, 6) is 0. The zero-order valence-electron chi connectivity index (χ0n) is 8.88. The minimum absolute atomic E-state index is 0.131. The van der Waals surface area contributed by atoms with Crippen molar-refractivity contribution in [3.05, 3.63) is 14.9 Å². The molecule has 18 heavy (non-hydrogen) atoms. The topological polar surface area (TPSA) is 46.2 Å². The van der Waals surface area contributed by atoms with Gasteiger partial charge in [-0.2, -0.15) is 13.2 Å². The Bertz CT molecular complexity index is 509. The number of halogens is 5. The second-order valence-corrected chi connectivity index (χ2v) is 8.25. The highest BCUT2D eigenvalue weighted by atomic mass is 79.9. The summed E-state index contributed by atoms with van der Waals surface area (Å²) >= 11 is 9.54. The predicted octanol–water partition coefficient (Wildman–Crippen LogP) is 3.78. The van der Waals surface area contributed by atoms with Crippen LogP contribution in [0.5, 0.6) is 0 Å². The van der Waals surface area contributed by atoms with Gasteiger partial charge in [-0.25, -0.2) is 13.1 Å². The third-order valence-corrected chi connectivity index (χ3v) is 6.32. The molecule has 1 aromatic heterocycles. The van der Waals surface area contributed by atoms with Crippen LogP contribution in [0.3, 0.4) is 0 Å². The van der Waals surface area contributed by atoms with Crippen molar-refractivity contribution < 1.29 is 21.6 Å². The van der Waals surface area contributed by atoms with E-state index in [2.05, 4.69) is 15.9 Å². The summed E-state index contributed by atoms with van der Waals surface area (Å²) in [6, 6.07) is -0.0616. The van der Waals surface area contributed by atoms with Gasteiger partial charge in [0, 0.05) is 6.04 Å². The van der Waals surface area contributed by atoms with Gasteiger partial charge in [0.15, 0.2) is 0 Å². The molecular weight excluding hydrogens is 379 g/mol. The maximum Gasteiger partial charge on any atom is 0.390 e. The van der Waals surface area contributed by atoms with E-state index in [-0.39, 0.29) is 9.23 Å². The Morgan fingerprint density at radius 3 is 2.50 bits per heavy atom. The molecule has 1 aromatic rings. The first-order valence-electron chi connectivity index (χ1n) is 4.55. The van der Waals surface area contributed by atoms with E-state index in [0.717, 1.165) is 18.3 Å². The SMILES string of the molecule is CC(CC(F)(F)F)NS(=O)(=O)c1cc(Cl)c(Br)s1. The van der Waals surface area contributed by atoms with Gasteiger partial charge in [0.05, 0.1) is 15.2 Å². The predicted molar refractivity (Wildman–Crippen MR) is 67.5 cm³/mol. The highest BCUT2D eigenvalue weighted by Gasteiger charge is 2.32. The van der Waals surface area contributed by atoms with Gasteiger partial charge < -0.3 is 0 Å². The standard InChI is InChI=1S/C8H8BrClF3NO2S2/c1-4(3-8(11,12)13)14-18(15,16)6-2-5(10)7(9)17-6/h2,4,14H,3H2,1H3. The third kappa shape index (κ3) is 4.69. The van der Waals surface area contributed by atoms with Crippen molar-refractivity contribution in [2.75, 3.05) is 0 Å². The first-order valence-corrected chi connectivity index (χ1v) is 8.02. The second-order valence-electron chi connectivity index (χ2n) is 3.53. The van der Waals surface area contributed by atoms with Crippen LogP contribution in [-0.2, 0) is 10.0 Å². The largest absolute Gasteiger partial charge is 0.390 e. The van der Waals surface area contributed by atoms with Crippen molar-refractivity contribution in [2.24, 2.45) is 0 Å². The number of nitrogens with one attached hydrogen (secondary N) is 1. The quantitative estimate of drug-likeness (QED) is 0.856. The molecule has 0 saturated carbocycles. The molecule has 0 spiro atoms. The Hall–Kier alpha value is 0.170. The van der Waals surface area contributed by atoms with Crippen LogP contribution in [0, 0.1) is 0 Å². The van der Waals surface area contributed by atoms with Crippen LogP contribution in [0.2, 0.25) is 5.02 Å². The van der Waals surface area contributed by atoms with Gasteiger partial charge in [-0.1, -0.05) is 11.6 Å². The molecule has 10 heteroatoms. The molecule has 1 unspecified atom stereocenters. The van der Waals surface area contributed by atoms with Gasteiger partial charge in [-0.15, -0.1) is 11.3 Å². The second kappa shape index (κ2) is 5.66. The van der Waals surface area contributed by atoms with E-state index in [4.69, 9.17) is 11.6 Å². The molecule has 0 amide bonds. The molecule has 0 fully saturated rings. The summed E-state index contributed by atoms with van der Waals surface area (Å²) in [5, 5.41) is 0.198. The van der Waals surface area contributed by atoms with E-state index < -0.39 is 28.7 Å². The molecule has 0 bridgehead atoms. The number of thiophene rings is 1. The van der Waals surface area contributed by atoms with Gasteiger partial charge >= 0.3 is 6.18 Å². The van der Waals surface area contributed by atoms with Crippen LogP contribution in [-0.4, -0.2) is 20.6 Å². The Balaban J connectivity index is 2.83. The zero-order chi connectivity index (χ0) is 14.1. The molecule has 0 aliphatic heterocycles. The molecule has 1 N–H and O–H groups in total. The molecule has 1 rings (SSSR count). The maximum atomic E-state index is 12.1. The summed E-state index contributed by atoms with van der Waals surface area (Å²) in [7, 11) is -3.98. The van der Waals surface area contributed by atoms with E-state index >= 15 is 0 Å². The lowest BCUT2D eigenvalue weighted by Gasteiger charge is -2.15. The van der Waals surface area contributed by atoms with Crippen LogP contribution in [0.15, 0.2) is 14.1 Å². The molecule has 1 heterocycles. The van der Waals surface area contributed by atoms with Crippen LogP contribution >= 0.6 is 38.9 Å². The lowest BCUT2D eigenvalue weighted by atomic mass is 10.2. The van der Waals surface area contributed by atoms with E-state index in [0.29, 0.717) is 3.79 Å². The highest BCUT2D eigenvalue weighted by molar-refractivity contribution is 9.11. The molecule has 0 aliphatic rings. The van der Waals surface area contributed by atoms with Crippen molar-refractivity contribution in [1.29, 1.82) is 0 Å². The molecule has 0 saturated heterocycles. The number of hydrogen-bond donors (Lipinski definition) is 1. The Labute approximate surface area is 120 Å². The monoisotopic (exact) mass is 385 g/mol. The highest BCUT2D eigenvalue weighted by Crippen LogP contribution is 2.34. The average Bonchev–Trinajstić information content (AvgIpc) is 2.42. The fraction of sp³-hybridized carbons (Fsp3) is 0.500. The van der Waals surface area contributed by atoms with Gasteiger partial charge in [-0.05, 0) is 28.9 Å². The molecule has 104 valence electrons. The lowest BCUT2D eigenvalue weighted by Crippen LogP contribution is -2.35. The van der Waals surface area contributed by atoms with Gasteiger partial charge in [0.25, 0.3) is 0 Å². The van der Waals surface area contributed by atoms with Crippen molar-refractivity contribution in [3.63, 3.8) is 0 Å². The van der Waals surface area contributed by atoms with Gasteiger partial charge in [0.1, 0.15) is 4.21 Å². The fourth-order valence-electron chi connectivity index (χ4n) is 1.17. The molecular formula is C8H8BrClF3NO2S2. The van der Waals surface area contributed by atoms with Crippen molar-refractivity contribution in [1.82, 2.24) is 4.72 Å². The van der Waals surface area contributed by atoms with E-state index in [1.807, 2.05) is 4.72 Å². The van der Waals surface area contributed by atoms with Crippen LogP contribution in [0.1, 0.15) is 13.3 Å². The van der Waals surface area contributed by atoms with E-state index in [1.54, 1.807) is 0 Å². The van der Waals surface area contributed by atoms with Crippen LogP contribution in [0.4, 0.5) is 13.2 Å². The number of alkyl halides is 3. The van der Waals surface area contributed by atoms with Gasteiger partial charge in [0.2, 0.25) is 10.0 Å². The minimum Gasteiger partial charge on any atom is -0.207 e. The Morgan fingerprint density at radius 2 is 2.11 bits per heavy atom. The summed E-state index contributed by atoms with van der Waals surface area (Å²) in [4.78, 5) is 0. The Kier molecular flexibility index (Phi) is 5.10.